The van der Waals surface area contributed by atoms with E-state index in [9.17, 15) is 0 Å². The van der Waals surface area contributed by atoms with Gasteiger partial charge in [-0.25, -0.2) is 15.0 Å². The maximum Gasteiger partial charge on any atom is 0.164 e. The van der Waals surface area contributed by atoms with E-state index in [1.54, 1.807) is 0 Å². The molecule has 1 aromatic heterocycles. The van der Waals surface area contributed by atoms with Gasteiger partial charge >= 0.3 is 0 Å². The number of nitrogens with zero attached hydrogens (tertiary/aromatic N) is 3. The van der Waals surface area contributed by atoms with Gasteiger partial charge in [-0.15, -0.1) is 0 Å². The van der Waals surface area contributed by atoms with Gasteiger partial charge < -0.3 is 0 Å². The highest BCUT2D eigenvalue weighted by Gasteiger charge is 2.18. The molecular weight excluding hydrogens is 775 g/mol. The molecule has 0 atom stereocenters. The first kappa shape index (κ1) is 36.2. The number of rotatable bonds is 6. The van der Waals surface area contributed by atoms with Crippen LogP contribution < -0.4 is 0 Å². The normalized spacial score (nSPS) is 11.8. The van der Waals surface area contributed by atoms with Crippen LogP contribution in [0.4, 0.5) is 0 Å². The van der Waals surface area contributed by atoms with E-state index >= 15 is 0 Å². The minimum Gasteiger partial charge on any atom is -0.208 e. The molecule has 0 saturated heterocycles. The van der Waals surface area contributed by atoms with Crippen molar-refractivity contribution in [2.75, 3.05) is 0 Å². The van der Waals surface area contributed by atoms with E-state index in [0.717, 1.165) is 44.5 Å². The molecule has 1 heterocycles. The summed E-state index contributed by atoms with van der Waals surface area (Å²) in [7, 11) is 0. The van der Waals surface area contributed by atoms with E-state index in [0.29, 0.717) is 17.5 Å². The van der Waals surface area contributed by atoms with Gasteiger partial charge in [0.25, 0.3) is 0 Å². The molecule has 13 rings (SSSR count). The van der Waals surface area contributed by atoms with Crippen LogP contribution in [-0.2, 0) is 0 Å². The van der Waals surface area contributed by atoms with Gasteiger partial charge in [0, 0.05) is 16.7 Å². The zero-order valence-corrected chi connectivity index (χ0v) is 34.7. The smallest absolute Gasteiger partial charge is 0.164 e. The van der Waals surface area contributed by atoms with Crippen LogP contribution in [0.2, 0.25) is 0 Å². The van der Waals surface area contributed by atoms with E-state index in [2.05, 4.69) is 194 Å². The largest absolute Gasteiger partial charge is 0.208 e. The third-order valence-electron chi connectivity index (χ3n) is 13.0. The van der Waals surface area contributed by atoms with Crippen LogP contribution in [0.25, 0.3) is 132 Å². The SMILES string of the molecule is c1ccc(-c2nc(-c3cccc(-c4cccc(-c5cc6ccc7cccc8c9cccc%10ccc%11cccc(c(c5)c6c78)c%11c%109)c4)c3)nc(-c3ccccc3-c3ccccc3)n2)cc1. The molecule has 0 spiro atoms. The predicted molar refractivity (Wildman–Crippen MR) is 269 cm³/mol. The van der Waals surface area contributed by atoms with Crippen molar-refractivity contribution in [2.24, 2.45) is 0 Å². The Bertz CT molecular complexity index is 3940. The Balaban J connectivity index is 0.978. The van der Waals surface area contributed by atoms with E-state index in [1.807, 2.05) is 30.3 Å². The summed E-state index contributed by atoms with van der Waals surface area (Å²) in [6.45, 7) is 0. The lowest BCUT2D eigenvalue weighted by Gasteiger charge is -2.17. The highest BCUT2D eigenvalue weighted by molar-refractivity contribution is 6.37. The lowest BCUT2D eigenvalue weighted by Crippen LogP contribution is -2.01. The van der Waals surface area contributed by atoms with Crippen molar-refractivity contribution in [3.63, 3.8) is 0 Å². The number of benzene rings is 11. The Morgan fingerprint density at radius 1 is 0.203 bits per heavy atom. The average Bonchev–Trinajstić information content (AvgIpc) is 3.37. The topological polar surface area (TPSA) is 38.7 Å². The summed E-state index contributed by atoms with van der Waals surface area (Å²) >= 11 is 0. The summed E-state index contributed by atoms with van der Waals surface area (Å²) in [6, 6.07) is 80.8. The number of hydrogen-bond donors (Lipinski definition) is 0. The van der Waals surface area contributed by atoms with Gasteiger partial charge in [-0.3, -0.25) is 0 Å². The van der Waals surface area contributed by atoms with Crippen LogP contribution in [0, 0.1) is 0 Å². The molecule has 64 heavy (non-hydrogen) atoms. The number of aromatic nitrogens is 3. The Labute approximate surface area is 370 Å². The monoisotopic (exact) mass is 811 g/mol. The minimum atomic E-state index is 0.627. The van der Waals surface area contributed by atoms with Crippen LogP contribution in [0.1, 0.15) is 0 Å². The molecule has 0 aliphatic rings. The Morgan fingerprint density at radius 2 is 0.609 bits per heavy atom. The van der Waals surface area contributed by atoms with Gasteiger partial charge in [0.2, 0.25) is 0 Å². The third-order valence-corrected chi connectivity index (χ3v) is 13.0. The first-order valence-corrected chi connectivity index (χ1v) is 21.8. The van der Waals surface area contributed by atoms with Gasteiger partial charge in [-0.1, -0.05) is 200 Å². The molecule has 0 amide bonds. The third kappa shape index (κ3) is 5.86. The molecular formula is C61H37N3. The van der Waals surface area contributed by atoms with Crippen molar-refractivity contribution in [1.82, 2.24) is 15.0 Å². The molecule has 296 valence electrons. The summed E-state index contributed by atoms with van der Waals surface area (Å²) in [5, 5.41) is 15.4. The molecule has 0 fully saturated rings. The predicted octanol–water partition coefficient (Wildman–Crippen LogP) is 16.2. The van der Waals surface area contributed by atoms with Crippen molar-refractivity contribution < 1.29 is 0 Å². The van der Waals surface area contributed by atoms with Gasteiger partial charge in [-0.2, -0.15) is 0 Å². The summed E-state index contributed by atoms with van der Waals surface area (Å²) < 4.78 is 0. The minimum absolute atomic E-state index is 0.627. The maximum absolute atomic E-state index is 5.20. The molecule has 0 aliphatic carbocycles. The average molecular weight is 812 g/mol. The van der Waals surface area contributed by atoms with E-state index in [1.165, 1.54) is 70.2 Å². The summed E-state index contributed by atoms with van der Waals surface area (Å²) in [5.41, 5.74) is 9.57. The lowest BCUT2D eigenvalue weighted by atomic mass is 9.86. The Hall–Kier alpha value is -8.53. The van der Waals surface area contributed by atoms with E-state index < -0.39 is 0 Å². The zero-order chi connectivity index (χ0) is 42.1. The van der Waals surface area contributed by atoms with Crippen molar-refractivity contribution in [1.29, 1.82) is 0 Å². The molecule has 3 nitrogen and oxygen atoms in total. The highest BCUT2D eigenvalue weighted by atomic mass is 15.0. The molecule has 0 N–H and O–H groups in total. The van der Waals surface area contributed by atoms with Gasteiger partial charge in [-0.05, 0) is 122 Å². The van der Waals surface area contributed by atoms with E-state index in [-0.39, 0.29) is 0 Å². The van der Waals surface area contributed by atoms with Crippen molar-refractivity contribution in [3.8, 4) is 67.5 Å². The molecule has 0 aliphatic heterocycles. The Kier molecular flexibility index (Phi) is 8.22. The Morgan fingerprint density at radius 3 is 1.22 bits per heavy atom. The van der Waals surface area contributed by atoms with Crippen LogP contribution in [0.5, 0.6) is 0 Å². The lowest BCUT2D eigenvalue weighted by molar-refractivity contribution is 1.07. The fourth-order valence-electron chi connectivity index (χ4n) is 10.1. The summed E-state index contributed by atoms with van der Waals surface area (Å²) in [6.07, 6.45) is 0. The maximum atomic E-state index is 5.20. The fourth-order valence-corrected chi connectivity index (χ4v) is 10.1. The second kappa shape index (κ2) is 14.5. The van der Waals surface area contributed by atoms with E-state index in [4.69, 9.17) is 15.0 Å². The molecule has 0 saturated carbocycles. The highest BCUT2D eigenvalue weighted by Crippen LogP contribution is 2.45. The number of fused-ring (bicyclic) bond motifs is 2. The van der Waals surface area contributed by atoms with Gasteiger partial charge in [0.05, 0.1) is 0 Å². The summed E-state index contributed by atoms with van der Waals surface area (Å²) in [4.78, 5) is 15.4. The first-order chi connectivity index (χ1) is 31.7. The standard InChI is InChI=1S/C61H37N3/c1-3-14-38(15-4-1)49-25-7-8-26-53(49)61-63-59(42-16-5-2-6-17-42)62-60(64-61)47-24-10-22-44(35-47)43-21-9-23-45(34-43)48-36-46-33-32-41-19-12-28-51-50-27-11-18-39-30-31-40-20-13-29-52(57(40)55(39)50)54(37-48)58(46)56(41)51/h1-37H. The summed E-state index contributed by atoms with van der Waals surface area (Å²) in [5.74, 6) is 1.90. The van der Waals surface area contributed by atoms with Crippen LogP contribution in [0.15, 0.2) is 224 Å². The second-order valence-corrected chi connectivity index (χ2v) is 16.7. The van der Waals surface area contributed by atoms with Gasteiger partial charge in [0.15, 0.2) is 17.5 Å². The van der Waals surface area contributed by atoms with Crippen molar-refractivity contribution in [2.45, 2.75) is 0 Å². The first-order valence-electron chi connectivity index (χ1n) is 21.8. The molecule has 12 aromatic carbocycles. The number of hydrogen-bond acceptors (Lipinski definition) is 3. The molecule has 0 radical (unpaired) electrons. The fraction of sp³-hybridized carbons (Fsp3) is 0. The van der Waals surface area contributed by atoms with Crippen molar-refractivity contribution >= 4 is 64.6 Å². The zero-order valence-electron chi connectivity index (χ0n) is 34.7. The van der Waals surface area contributed by atoms with Crippen molar-refractivity contribution in [3.05, 3.63) is 224 Å². The van der Waals surface area contributed by atoms with Crippen LogP contribution in [0.3, 0.4) is 0 Å². The second-order valence-electron chi connectivity index (χ2n) is 16.7. The van der Waals surface area contributed by atoms with Crippen LogP contribution >= 0.6 is 0 Å². The van der Waals surface area contributed by atoms with Gasteiger partial charge in [0.1, 0.15) is 0 Å². The molecule has 13 aromatic rings. The molecule has 3 heteroatoms. The van der Waals surface area contributed by atoms with Crippen LogP contribution in [-0.4, -0.2) is 15.0 Å². The molecule has 0 bridgehead atoms. The quantitative estimate of drug-likeness (QED) is 0.157. The molecule has 0 unspecified atom stereocenters.